The van der Waals surface area contributed by atoms with Crippen molar-refractivity contribution in [1.82, 2.24) is 9.97 Å². The van der Waals surface area contributed by atoms with Crippen molar-refractivity contribution in [2.45, 2.75) is 19.7 Å². The number of allylic oxidation sites excluding steroid dienone is 1. The van der Waals surface area contributed by atoms with E-state index in [1.54, 1.807) is 19.1 Å². The summed E-state index contributed by atoms with van der Waals surface area (Å²) in [4.78, 5) is 20.9. The lowest BCUT2D eigenvalue weighted by Gasteiger charge is -2.09. The molecule has 0 aliphatic rings. The van der Waals surface area contributed by atoms with Crippen LogP contribution in [-0.4, -0.2) is 27.2 Å². The van der Waals surface area contributed by atoms with Gasteiger partial charge in [0.05, 0.1) is 29.5 Å². The van der Waals surface area contributed by atoms with E-state index in [1.165, 1.54) is 30.6 Å². The summed E-state index contributed by atoms with van der Waals surface area (Å²) < 4.78 is 36.8. The van der Waals surface area contributed by atoms with Crippen LogP contribution in [0.3, 0.4) is 0 Å². The molecule has 1 amide bonds. The number of hydrogen-bond donors (Lipinski definition) is 2. The lowest BCUT2D eigenvalue weighted by Crippen LogP contribution is -2.13. The van der Waals surface area contributed by atoms with Gasteiger partial charge in [0, 0.05) is 17.8 Å². The lowest BCUT2D eigenvalue weighted by atomic mass is 10.0. The zero-order chi connectivity index (χ0) is 20.3. The monoisotopic (exact) mass is 387 g/mol. The van der Waals surface area contributed by atoms with Crippen molar-refractivity contribution in [2.24, 2.45) is 0 Å². The number of hydrogen-bond acceptors (Lipinski definition) is 4. The molecule has 0 unspecified atom stereocenters. The molecule has 8 heteroatoms. The molecule has 0 aliphatic heterocycles. The van der Waals surface area contributed by atoms with Crippen molar-refractivity contribution in [2.75, 3.05) is 5.32 Å². The number of nitrogens with one attached hydrogen (secondary N) is 1. The van der Waals surface area contributed by atoms with Crippen LogP contribution in [0.2, 0.25) is 0 Å². The Morgan fingerprint density at radius 1 is 1.14 bits per heavy atom. The second-order valence-electron chi connectivity index (χ2n) is 6.17. The molecule has 0 radical (unpaired) electrons. The smallest absolute Gasteiger partial charge is 0.392 e. The molecule has 2 aromatic heterocycles. The molecule has 144 valence electrons. The molecule has 0 saturated carbocycles. The second kappa shape index (κ2) is 7.77. The Morgan fingerprint density at radius 2 is 1.86 bits per heavy atom. The Morgan fingerprint density at radius 3 is 2.54 bits per heavy atom. The summed E-state index contributed by atoms with van der Waals surface area (Å²) in [6, 6.07) is 7.78. The van der Waals surface area contributed by atoms with Crippen LogP contribution in [0, 0.1) is 6.92 Å². The molecule has 0 fully saturated rings. The third kappa shape index (κ3) is 4.72. The minimum Gasteiger partial charge on any atom is -0.392 e. The molecular weight excluding hydrogens is 371 g/mol. The molecule has 5 nitrogen and oxygen atoms in total. The fourth-order valence-electron chi connectivity index (χ4n) is 2.63. The van der Waals surface area contributed by atoms with Gasteiger partial charge >= 0.3 is 6.18 Å². The molecule has 1 aromatic carbocycles. The van der Waals surface area contributed by atoms with Crippen molar-refractivity contribution in [1.29, 1.82) is 0 Å². The number of aliphatic hydroxyl groups excluding tert-OH is 1. The van der Waals surface area contributed by atoms with Gasteiger partial charge in [-0.15, -0.1) is 0 Å². The number of aryl methyl sites for hydroxylation is 1. The Kier molecular flexibility index (Phi) is 5.41. The number of alkyl halides is 3. The first-order chi connectivity index (χ1) is 13.2. The van der Waals surface area contributed by atoms with E-state index in [1.807, 2.05) is 0 Å². The van der Waals surface area contributed by atoms with E-state index in [2.05, 4.69) is 15.3 Å². The summed E-state index contributed by atoms with van der Waals surface area (Å²) in [5.74, 6) is -0.406. The van der Waals surface area contributed by atoms with Crippen LogP contribution < -0.4 is 5.32 Å². The molecule has 0 saturated heterocycles. The highest BCUT2D eigenvalue weighted by atomic mass is 19.4. The van der Waals surface area contributed by atoms with Crippen LogP contribution in [0.5, 0.6) is 0 Å². The molecule has 28 heavy (non-hydrogen) atoms. The van der Waals surface area contributed by atoms with Gasteiger partial charge < -0.3 is 10.4 Å². The number of halogens is 3. The number of fused-ring (bicyclic) bond motifs is 1. The molecule has 0 bridgehead atoms. The van der Waals surface area contributed by atoms with Crippen molar-refractivity contribution >= 4 is 28.7 Å². The summed E-state index contributed by atoms with van der Waals surface area (Å²) in [7, 11) is 0. The van der Waals surface area contributed by atoms with Crippen LogP contribution in [0.4, 0.5) is 18.9 Å². The van der Waals surface area contributed by atoms with E-state index in [4.69, 9.17) is 5.11 Å². The zero-order valence-electron chi connectivity index (χ0n) is 14.8. The number of anilines is 1. The van der Waals surface area contributed by atoms with E-state index in [-0.39, 0.29) is 12.7 Å². The Labute approximate surface area is 158 Å². The number of amides is 1. The standard InChI is InChI=1S/C20H16F3N3O2/c1-12-6-13(4-5-20(21,22)23)2-3-16(12)19(28)26-15-8-18-17(25-10-15)7-14(11-27)9-24-18/h2-10,27H,11H2,1H3,(H,26,28). The molecule has 0 spiro atoms. The normalized spacial score (nSPS) is 11.9. The van der Waals surface area contributed by atoms with Gasteiger partial charge in [-0.2, -0.15) is 13.2 Å². The number of aliphatic hydroxyl groups is 1. The average Bonchev–Trinajstić information content (AvgIpc) is 2.65. The first-order valence-corrected chi connectivity index (χ1v) is 8.29. The van der Waals surface area contributed by atoms with Crippen LogP contribution >= 0.6 is 0 Å². The first-order valence-electron chi connectivity index (χ1n) is 8.29. The number of rotatable bonds is 4. The summed E-state index contributed by atoms with van der Waals surface area (Å²) in [5, 5.41) is 11.8. The molecule has 2 heterocycles. The lowest BCUT2D eigenvalue weighted by molar-refractivity contribution is -0.0790. The van der Waals surface area contributed by atoms with Crippen LogP contribution in [0.25, 0.3) is 17.1 Å². The van der Waals surface area contributed by atoms with Gasteiger partial charge in [0.1, 0.15) is 0 Å². The van der Waals surface area contributed by atoms with Gasteiger partial charge in [0.25, 0.3) is 5.91 Å². The number of aromatic nitrogens is 2. The maximum Gasteiger partial charge on any atom is 0.409 e. The highest BCUT2D eigenvalue weighted by molar-refractivity contribution is 6.05. The highest BCUT2D eigenvalue weighted by Crippen LogP contribution is 2.21. The summed E-state index contributed by atoms with van der Waals surface area (Å²) >= 11 is 0. The molecule has 0 aliphatic carbocycles. The first kappa shape index (κ1) is 19.5. The van der Waals surface area contributed by atoms with Crippen LogP contribution in [0.15, 0.2) is 48.8 Å². The fourth-order valence-corrected chi connectivity index (χ4v) is 2.63. The van der Waals surface area contributed by atoms with E-state index in [0.29, 0.717) is 39.0 Å². The quantitative estimate of drug-likeness (QED) is 0.702. The number of pyridine rings is 2. The summed E-state index contributed by atoms with van der Waals surface area (Å²) in [5.41, 5.74) is 3.44. The molecule has 3 rings (SSSR count). The number of nitrogens with zero attached hydrogens (tertiary/aromatic N) is 2. The van der Waals surface area contributed by atoms with Gasteiger partial charge in [0.15, 0.2) is 0 Å². The Bertz CT molecular complexity index is 1060. The van der Waals surface area contributed by atoms with Gasteiger partial charge in [-0.05, 0) is 41.8 Å². The third-order valence-electron chi connectivity index (χ3n) is 3.99. The predicted octanol–water partition coefficient (Wildman–Crippen LogP) is 4.26. The van der Waals surface area contributed by atoms with E-state index >= 15 is 0 Å². The predicted molar refractivity (Wildman–Crippen MR) is 99.7 cm³/mol. The van der Waals surface area contributed by atoms with E-state index in [9.17, 15) is 18.0 Å². The Balaban J connectivity index is 1.79. The summed E-state index contributed by atoms with van der Waals surface area (Å²) in [6.07, 6.45) is -0.295. The van der Waals surface area contributed by atoms with Crippen molar-refractivity contribution in [3.63, 3.8) is 0 Å². The number of carbonyl (C=O) groups excluding carboxylic acids is 1. The maximum atomic E-state index is 12.5. The average molecular weight is 387 g/mol. The van der Waals surface area contributed by atoms with Crippen LogP contribution in [-0.2, 0) is 6.61 Å². The minimum absolute atomic E-state index is 0.142. The zero-order valence-corrected chi connectivity index (χ0v) is 14.8. The largest absolute Gasteiger partial charge is 0.409 e. The number of benzene rings is 1. The van der Waals surface area contributed by atoms with Crippen molar-refractivity contribution < 1.29 is 23.1 Å². The van der Waals surface area contributed by atoms with E-state index in [0.717, 1.165) is 6.08 Å². The summed E-state index contributed by atoms with van der Waals surface area (Å²) in [6.45, 7) is 1.51. The molecule has 0 atom stereocenters. The highest BCUT2D eigenvalue weighted by Gasteiger charge is 2.21. The number of carbonyl (C=O) groups is 1. The third-order valence-corrected chi connectivity index (χ3v) is 3.99. The minimum atomic E-state index is -4.39. The topological polar surface area (TPSA) is 75.1 Å². The van der Waals surface area contributed by atoms with Gasteiger partial charge in [0.2, 0.25) is 0 Å². The second-order valence-corrected chi connectivity index (χ2v) is 6.17. The van der Waals surface area contributed by atoms with Crippen LogP contribution in [0.1, 0.15) is 27.0 Å². The fraction of sp³-hybridized carbons (Fsp3) is 0.150. The van der Waals surface area contributed by atoms with Crippen molar-refractivity contribution in [3.05, 3.63) is 71.1 Å². The Hall–Kier alpha value is -3.26. The SMILES string of the molecule is Cc1cc(C=CC(F)(F)F)ccc1C(=O)Nc1cnc2cc(CO)cnc2c1. The van der Waals surface area contributed by atoms with Gasteiger partial charge in [-0.1, -0.05) is 18.2 Å². The maximum absolute atomic E-state index is 12.5. The molecule has 2 N–H and O–H groups in total. The van der Waals surface area contributed by atoms with Crippen molar-refractivity contribution in [3.8, 4) is 0 Å². The van der Waals surface area contributed by atoms with Gasteiger partial charge in [-0.25, -0.2) is 0 Å². The molecular formula is C20H16F3N3O2. The van der Waals surface area contributed by atoms with E-state index < -0.39 is 12.1 Å². The van der Waals surface area contributed by atoms with Gasteiger partial charge in [-0.3, -0.25) is 14.8 Å². The molecule has 3 aromatic rings.